The van der Waals surface area contributed by atoms with Crippen molar-refractivity contribution in [1.29, 1.82) is 0 Å². The number of aromatic nitrogens is 1. The molecule has 0 radical (unpaired) electrons. The molecule has 1 aromatic rings. The lowest BCUT2D eigenvalue weighted by Gasteiger charge is -2.15. The second-order valence-electron chi connectivity index (χ2n) is 4.57. The quantitative estimate of drug-likeness (QED) is 0.534. The van der Waals surface area contributed by atoms with Crippen molar-refractivity contribution >= 4 is 17.3 Å². The van der Waals surface area contributed by atoms with Crippen LogP contribution in [0.2, 0.25) is 0 Å². The summed E-state index contributed by atoms with van der Waals surface area (Å²) < 4.78 is 5.00. The summed E-state index contributed by atoms with van der Waals surface area (Å²) in [5, 5.41) is 17.2. The fourth-order valence-electron chi connectivity index (χ4n) is 1.66. The van der Waals surface area contributed by atoms with Gasteiger partial charge in [-0.2, -0.15) is 0 Å². The Hall–Kier alpha value is -1.89. The first-order chi connectivity index (χ1) is 9.58. The molecule has 7 nitrogen and oxygen atoms in total. The standard InChI is InChI=1S/C13H22N4O3/c1-4-8-14-12-6-5-11(17(18)19)13(16-12)15-10(2)7-9-20-3/h5-6,10H,4,7-9H2,1-3H3,(H2,14,15,16). The number of rotatable bonds is 9. The normalized spacial score (nSPS) is 11.9. The lowest BCUT2D eigenvalue weighted by atomic mass is 10.2. The van der Waals surface area contributed by atoms with Gasteiger partial charge in [-0.1, -0.05) is 6.92 Å². The molecule has 0 aliphatic carbocycles. The predicted molar refractivity (Wildman–Crippen MR) is 79.2 cm³/mol. The monoisotopic (exact) mass is 282 g/mol. The predicted octanol–water partition coefficient (Wildman–Crippen LogP) is 2.65. The van der Waals surface area contributed by atoms with Crippen molar-refractivity contribution in [2.75, 3.05) is 30.9 Å². The van der Waals surface area contributed by atoms with E-state index in [9.17, 15) is 10.1 Å². The van der Waals surface area contributed by atoms with Gasteiger partial charge >= 0.3 is 5.69 Å². The van der Waals surface area contributed by atoms with E-state index >= 15 is 0 Å². The molecule has 7 heteroatoms. The van der Waals surface area contributed by atoms with Crippen LogP contribution in [0.15, 0.2) is 12.1 Å². The molecule has 1 atom stereocenters. The van der Waals surface area contributed by atoms with E-state index in [-0.39, 0.29) is 11.7 Å². The topological polar surface area (TPSA) is 89.3 Å². The highest BCUT2D eigenvalue weighted by molar-refractivity contribution is 5.60. The first-order valence-corrected chi connectivity index (χ1v) is 6.73. The fourth-order valence-corrected chi connectivity index (χ4v) is 1.66. The summed E-state index contributed by atoms with van der Waals surface area (Å²) in [6.45, 7) is 5.36. The molecular formula is C13H22N4O3. The van der Waals surface area contributed by atoms with Gasteiger partial charge in [-0.25, -0.2) is 4.98 Å². The van der Waals surface area contributed by atoms with Gasteiger partial charge in [0.15, 0.2) is 0 Å². The molecule has 1 heterocycles. The summed E-state index contributed by atoms with van der Waals surface area (Å²) in [6, 6.07) is 3.14. The van der Waals surface area contributed by atoms with Crippen LogP contribution >= 0.6 is 0 Å². The minimum Gasteiger partial charge on any atom is -0.385 e. The molecule has 0 spiro atoms. The van der Waals surface area contributed by atoms with Gasteiger partial charge in [0.2, 0.25) is 5.82 Å². The second kappa shape index (κ2) is 8.31. The van der Waals surface area contributed by atoms with Gasteiger partial charge < -0.3 is 15.4 Å². The Morgan fingerprint density at radius 3 is 2.85 bits per heavy atom. The maximum atomic E-state index is 11.0. The molecule has 0 bridgehead atoms. The maximum Gasteiger partial charge on any atom is 0.311 e. The van der Waals surface area contributed by atoms with Crippen LogP contribution < -0.4 is 10.6 Å². The van der Waals surface area contributed by atoms with E-state index in [0.717, 1.165) is 19.4 Å². The molecule has 1 rings (SSSR count). The number of anilines is 2. The summed E-state index contributed by atoms with van der Waals surface area (Å²) in [6.07, 6.45) is 1.72. The molecule has 112 valence electrons. The number of methoxy groups -OCH3 is 1. The van der Waals surface area contributed by atoms with E-state index in [1.54, 1.807) is 13.2 Å². The Kier molecular flexibility index (Phi) is 6.72. The van der Waals surface area contributed by atoms with Crippen LogP contribution in [0.3, 0.4) is 0 Å². The summed E-state index contributed by atoms with van der Waals surface area (Å²) >= 11 is 0. The Balaban J connectivity index is 2.85. The zero-order valence-corrected chi connectivity index (χ0v) is 12.2. The van der Waals surface area contributed by atoms with Gasteiger partial charge in [0.25, 0.3) is 0 Å². The molecule has 0 aromatic carbocycles. The van der Waals surface area contributed by atoms with Crippen LogP contribution in [0.4, 0.5) is 17.3 Å². The third-order valence-electron chi connectivity index (χ3n) is 2.76. The molecule has 1 aromatic heterocycles. The second-order valence-corrected chi connectivity index (χ2v) is 4.57. The molecule has 2 N–H and O–H groups in total. The van der Waals surface area contributed by atoms with Crippen LogP contribution in [-0.2, 0) is 4.74 Å². The molecule has 0 amide bonds. The number of ether oxygens (including phenoxy) is 1. The van der Waals surface area contributed by atoms with Crippen molar-refractivity contribution < 1.29 is 9.66 Å². The van der Waals surface area contributed by atoms with Crippen molar-refractivity contribution in [1.82, 2.24) is 4.98 Å². The first kappa shape index (κ1) is 16.2. The highest BCUT2D eigenvalue weighted by atomic mass is 16.6. The maximum absolute atomic E-state index is 11.0. The molecule has 0 saturated carbocycles. The van der Waals surface area contributed by atoms with Crippen molar-refractivity contribution in [2.45, 2.75) is 32.7 Å². The fraction of sp³-hybridized carbons (Fsp3) is 0.615. The van der Waals surface area contributed by atoms with Gasteiger partial charge in [-0.15, -0.1) is 0 Å². The van der Waals surface area contributed by atoms with Crippen LogP contribution in [0.1, 0.15) is 26.7 Å². The number of hydrogen-bond acceptors (Lipinski definition) is 6. The van der Waals surface area contributed by atoms with Gasteiger partial charge in [-0.3, -0.25) is 10.1 Å². The zero-order valence-electron chi connectivity index (χ0n) is 12.2. The third-order valence-corrected chi connectivity index (χ3v) is 2.76. The Labute approximate surface area is 118 Å². The SMILES string of the molecule is CCCNc1ccc([N+](=O)[O-])c(NC(C)CCOC)n1. The van der Waals surface area contributed by atoms with Crippen LogP contribution in [0.25, 0.3) is 0 Å². The Morgan fingerprint density at radius 1 is 1.50 bits per heavy atom. The van der Waals surface area contributed by atoms with Gasteiger partial charge in [0.1, 0.15) is 5.82 Å². The largest absolute Gasteiger partial charge is 0.385 e. The van der Waals surface area contributed by atoms with Crippen molar-refractivity contribution in [3.63, 3.8) is 0 Å². The van der Waals surface area contributed by atoms with Crippen LogP contribution in [-0.4, -0.2) is 36.2 Å². The highest BCUT2D eigenvalue weighted by Gasteiger charge is 2.17. The summed E-state index contributed by atoms with van der Waals surface area (Å²) in [5.74, 6) is 0.929. The number of hydrogen-bond donors (Lipinski definition) is 2. The number of nitro groups is 1. The molecule has 0 aliphatic rings. The van der Waals surface area contributed by atoms with Gasteiger partial charge in [0.05, 0.1) is 4.92 Å². The summed E-state index contributed by atoms with van der Waals surface area (Å²) in [7, 11) is 1.63. The zero-order chi connectivity index (χ0) is 15.0. The van der Waals surface area contributed by atoms with Gasteiger partial charge in [0, 0.05) is 32.4 Å². The van der Waals surface area contributed by atoms with Crippen molar-refractivity contribution in [3.05, 3.63) is 22.2 Å². The minimum atomic E-state index is -0.429. The average molecular weight is 282 g/mol. The third kappa shape index (κ3) is 5.00. The molecule has 0 fully saturated rings. The van der Waals surface area contributed by atoms with Crippen molar-refractivity contribution in [2.24, 2.45) is 0 Å². The minimum absolute atomic E-state index is 0.0173. The first-order valence-electron chi connectivity index (χ1n) is 6.73. The lowest BCUT2D eigenvalue weighted by Crippen LogP contribution is -2.19. The van der Waals surface area contributed by atoms with Crippen LogP contribution in [0.5, 0.6) is 0 Å². The molecule has 0 saturated heterocycles. The Bertz CT molecular complexity index is 440. The molecule has 1 unspecified atom stereocenters. The van der Waals surface area contributed by atoms with E-state index in [4.69, 9.17) is 4.74 Å². The molecular weight excluding hydrogens is 260 g/mol. The van der Waals surface area contributed by atoms with E-state index in [1.165, 1.54) is 6.07 Å². The number of nitrogens with one attached hydrogen (secondary N) is 2. The van der Waals surface area contributed by atoms with E-state index in [0.29, 0.717) is 18.2 Å². The van der Waals surface area contributed by atoms with E-state index in [2.05, 4.69) is 15.6 Å². The Morgan fingerprint density at radius 2 is 2.25 bits per heavy atom. The molecule has 20 heavy (non-hydrogen) atoms. The number of pyridine rings is 1. The summed E-state index contributed by atoms with van der Waals surface area (Å²) in [4.78, 5) is 14.9. The molecule has 0 aliphatic heterocycles. The average Bonchev–Trinajstić information content (AvgIpc) is 2.42. The van der Waals surface area contributed by atoms with Crippen molar-refractivity contribution in [3.8, 4) is 0 Å². The van der Waals surface area contributed by atoms with E-state index in [1.807, 2.05) is 13.8 Å². The number of nitrogens with zero attached hydrogens (tertiary/aromatic N) is 2. The smallest absolute Gasteiger partial charge is 0.311 e. The van der Waals surface area contributed by atoms with E-state index < -0.39 is 4.92 Å². The highest BCUT2D eigenvalue weighted by Crippen LogP contribution is 2.25. The van der Waals surface area contributed by atoms with Crippen LogP contribution in [0, 0.1) is 10.1 Å². The summed E-state index contributed by atoms with van der Waals surface area (Å²) in [5.41, 5.74) is -0.0173. The lowest BCUT2D eigenvalue weighted by molar-refractivity contribution is -0.384. The van der Waals surface area contributed by atoms with Gasteiger partial charge in [-0.05, 0) is 25.8 Å².